The minimum atomic E-state index is -0.240. The first-order valence-corrected chi connectivity index (χ1v) is 6.49. The largest absolute Gasteiger partial charge is 0.398 e. The predicted octanol–water partition coefficient (Wildman–Crippen LogP) is 2.10. The van der Waals surface area contributed by atoms with Crippen LogP contribution in [0.1, 0.15) is 6.42 Å². The first-order chi connectivity index (χ1) is 9.58. The van der Waals surface area contributed by atoms with Gasteiger partial charge in [-0.1, -0.05) is 12.1 Å². The van der Waals surface area contributed by atoms with Crippen molar-refractivity contribution < 1.29 is 4.39 Å². The van der Waals surface area contributed by atoms with Crippen LogP contribution in [-0.2, 0) is 6.54 Å². The number of anilines is 2. The van der Waals surface area contributed by atoms with Crippen LogP contribution in [0.4, 0.5) is 15.8 Å². The van der Waals surface area contributed by atoms with Gasteiger partial charge in [0.05, 0.1) is 5.69 Å². The van der Waals surface area contributed by atoms with Crippen molar-refractivity contribution in [2.24, 2.45) is 0 Å². The average molecular weight is 275 g/mol. The van der Waals surface area contributed by atoms with E-state index in [1.54, 1.807) is 35.0 Å². The van der Waals surface area contributed by atoms with Gasteiger partial charge in [-0.25, -0.2) is 4.39 Å². The molecule has 0 amide bonds. The molecule has 0 saturated carbocycles. The molecule has 2 aromatic rings. The molecule has 0 unspecified atom stereocenters. The van der Waals surface area contributed by atoms with Crippen LogP contribution in [0, 0.1) is 5.82 Å². The highest BCUT2D eigenvalue weighted by atomic mass is 19.1. The fourth-order valence-corrected chi connectivity index (χ4v) is 2.08. The third-order valence-corrected chi connectivity index (χ3v) is 3.16. The molecule has 2 N–H and O–H groups in total. The molecule has 0 aliphatic carbocycles. The summed E-state index contributed by atoms with van der Waals surface area (Å²) in [5.74, 6) is -0.240. The zero-order chi connectivity index (χ0) is 14.5. The molecule has 0 radical (unpaired) electrons. The number of nitrogen functional groups attached to an aromatic ring is 1. The van der Waals surface area contributed by atoms with Crippen LogP contribution in [0.25, 0.3) is 0 Å². The number of rotatable bonds is 5. The molecule has 0 spiro atoms. The van der Waals surface area contributed by atoms with E-state index in [0.717, 1.165) is 6.42 Å². The van der Waals surface area contributed by atoms with Crippen molar-refractivity contribution in [3.63, 3.8) is 0 Å². The Kier molecular flexibility index (Phi) is 4.40. The Bertz CT molecular complexity index is 639. The zero-order valence-electron chi connectivity index (χ0n) is 11.4. The zero-order valence-corrected chi connectivity index (χ0v) is 11.4. The number of benzene rings is 1. The lowest BCUT2D eigenvalue weighted by molar-refractivity contribution is 0.600. The highest BCUT2D eigenvalue weighted by molar-refractivity contribution is 5.46. The Morgan fingerprint density at radius 1 is 1.25 bits per heavy atom. The topological polar surface area (TPSA) is 51.3 Å². The van der Waals surface area contributed by atoms with E-state index in [1.165, 1.54) is 12.1 Å². The molecule has 1 aromatic heterocycles. The van der Waals surface area contributed by atoms with E-state index in [-0.39, 0.29) is 11.4 Å². The lowest BCUT2D eigenvalue weighted by atomic mass is 10.2. The number of nitrogens with two attached hydrogens (primary N) is 1. The summed E-state index contributed by atoms with van der Waals surface area (Å²) in [4.78, 5) is 13.4. The number of halogens is 1. The van der Waals surface area contributed by atoms with Gasteiger partial charge in [-0.05, 0) is 24.6 Å². The number of para-hydroxylation sites is 1. The van der Waals surface area contributed by atoms with E-state index in [4.69, 9.17) is 5.73 Å². The summed E-state index contributed by atoms with van der Waals surface area (Å²) in [6.07, 6.45) is 2.36. The SMILES string of the molecule is CN(CCCn1cc(N)ccc1=O)c1ccccc1F. The van der Waals surface area contributed by atoms with Gasteiger partial charge in [0.15, 0.2) is 0 Å². The molecule has 2 rings (SSSR count). The molecule has 5 heteroatoms. The van der Waals surface area contributed by atoms with Crippen LogP contribution in [-0.4, -0.2) is 18.2 Å². The van der Waals surface area contributed by atoms with Crippen molar-refractivity contribution in [2.45, 2.75) is 13.0 Å². The van der Waals surface area contributed by atoms with Crippen molar-refractivity contribution in [1.82, 2.24) is 4.57 Å². The first-order valence-electron chi connectivity index (χ1n) is 6.49. The van der Waals surface area contributed by atoms with Gasteiger partial charge in [-0.15, -0.1) is 0 Å². The van der Waals surface area contributed by atoms with E-state index < -0.39 is 0 Å². The lowest BCUT2D eigenvalue weighted by Gasteiger charge is -2.20. The third-order valence-electron chi connectivity index (χ3n) is 3.16. The summed E-state index contributed by atoms with van der Waals surface area (Å²) in [7, 11) is 1.83. The highest BCUT2D eigenvalue weighted by Crippen LogP contribution is 2.17. The van der Waals surface area contributed by atoms with Gasteiger partial charge < -0.3 is 15.2 Å². The van der Waals surface area contributed by atoms with Crippen LogP contribution in [0.3, 0.4) is 0 Å². The maximum atomic E-state index is 13.6. The predicted molar refractivity (Wildman–Crippen MR) is 79.4 cm³/mol. The van der Waals surface area contributed by atoms with E-state index >= 15 is 0 Å². The van der Waals surface area contributed by atoms with E-state index in [2.05, 4.69) is 0 Å². The van der Waals surface area contributed by atoms with Crippen LogP contribution in [0.2, 0.25) is 0 Å². The molecule has 1 heterocycles. The number of aryl methyl sites for hydroxylation is 1. The molecule has 0 bridgehead atoms. The number of hydrogen-bond donors (Lipinski definition) is 1. The molecular weight excluding hydrogens is 257 g/mol. The van der Waals surface area contributed by atoms with Crippen molar-refractivity contribution in [2.75, 3.05) is 24.2 Å². The molecule has 0 fully saturated rings. The number of aromatic nitrogens is 1. The van der Waals surface area contributed by atoms with E-state index in [1.807, 2.05) is 11.9 Å². The molecular formula is C15H18FN3O. The lowest BCUT2D eigenvalue weighted by Crippen LogP contribution is -2.24. The Morgan fingerprint density at radius 3 is 2.75 bits per heavy atom. The summed E-state index contributed by atoms with van der Waals surface area (Å²) in [5.41, 5.74) is 6.70. The maximum Gasteiger partial charge on any atom is 0.250 e. The Labute approximate surface area is 117 Å². The summed E-state index contributed by atoms with van der Waals surface area (Å²) >= 11 is 0. The Morgan fingerprint density at radius 2 is 2.00 bits per heavy atom. The third kappa shape index (κ3) is 3.38. The maximum absolute atomic E-state index is 13.6. The molecule has 0 atom stereocenters. The monoisotopic (exact) mass is 275 g/mol. The van der Waals surface area contributed by atoms with Gasteiger partial charge >= 0.3 is 0 Å². The van der Waals surface area contributed by atoms with Gasteiger partial charge in [-0.3, -0.25) is 4.79 Å². The smallest absolute Gasteiger partial charge is 0.250 e. The van der Waals surface area contributed by atoms with Crippen molar-refractivity contribution in [1.29, 1.82) is 0 Å². The summed E-state index contributed by atoms with van der Waals surface area (Å²) in [6.45, 7) is 1.21. The molecule has 106 valence electrons. The molecule has 4 nitrogen and oxygen atoms in total. The fraction of sp³-hybridized carbons (Fsp3) is 0.267. The Hall–Kier alpha value is -2.30. The van der Waals surface area contributed by atoms with Crippen molar-refractivity contribution in [3.05, 3.63) is 58.8 Å². The second kappa shape index (κ2) is 6.23. The summed E-state index contributed by atoms with van der Waals surface area (Å²) in [5, 5.41) is 0. The minimum absolute atomic E-state index is 0.0762. The molecule has 0 aliphatic rings. The van der Waals surface area contributed by atoms with Gasteiger partial charge in [0.2, 0.25) is 0 Å². The molecule has 20 heavy (non-hydrogen) atoms. The molecule has 1 aromatic carbocycles. The van der Waals surface area contributed by atoms with Gasteiger partial charge in [0.1, 0.15) is 5.82 Å². The number of hydrogen-bond acceptors (Lipinski definition) is 3. The van der Waals surface area contributed by atoms with Crippen molar-refractivity contribution >= 4 is 11.4 Å². The summed E-state index contributed by atoms with van der Waals surface area (Å²) < 4.78 is 15.2. The van der Waals surface area contributed by atoms with Gasteiger partial charge in [0, 0.05) is 38.1 Å². The normalized spacial score (nSPS) is 10.5. The van der Waals surface area contributed by atoms with Gasteiger partial charge in [0.25, 0.3) is 5.56 Å². The van der Waals surface area contributed by atoms with Gasteiger partial charge in [-0.2, -0.15) is 0 Å². The fourth-order valence-electron chi connectivity index (χ4n) is 2.08. The second-order valence-electron chi connectivity index (χ2n) is 4.72. The molecule has 0 saturated heterocycles. The average Bonchev–Trinajstić information content (AvgIpc) is 2.43. The highest BCUT2D eigenvalue weighted by Gasteiger charge is 2.06. The Balaban J connectivity index is 1.95. The second-order valence-corrected chi connectivity index (χ2v) is 4.72. The van der Waals surface area contributed by atoms with Crippen LogP contribution in [0.5, 0.6) is 0 Å². The summed E-state index contributed by atoms with van der Waals surface area (Å²) in [6, 6.07) is 9.69. The van der Waals surface area contributed by atoms with Crippen LogP contribution in [0.15, 0.2) is 47.4 Å². The number of nitrogens with zero attached hydrogens (tertiary/aromatic N) is 2. The number of pyridine rings is 1. The van der Waals surface area contributed by atoms with E-state index in [9.17, 15) is 9.18 Å². The first kappa shape index (κ1) is 14.1. The molecule has 0 aliphatic heterocycles. The standard InChI is InChI=1S/C15H18FN3O/c1-18(14-6-3-2-5-13(14)16)9-4-10-19-11-12(17)7-8-15(19)20/h2-3,5-8,11H,4,9-10,17H2,1H3. The van der Waals surface area contributed by atoms with Crippen molar-refractivity contribution in [3.8, 4) is 0 Å². The minimum Gasteiger partial charge on any atom is -0.398 e. The van der Waals surface area contributed by atoms with Crippen LogP contribution >= 0.6 is 0 Å². The quantitative estimate of drug-likeness (QED) is 0.909. The van der Waals surface area contributed by atoms with Crippen LogP contribution < -0.4 is 16.2 Å². The van der Waals surface area contributed by atoms with E-state index in [0.29, 0.717) is 24.5 Å².